The first-order chi connectivity index (χ1) is 11.1. The highest BCUT2D eigenvalue weighted by Crippen LogP contribution is 2.14. The highest BCUT2D eigenvalue weighted by Gasteiger charge is 2.18. The van der Waals surface area contributed by atoms with Crippen LogP contribution in [0.25, 0.3) is 0 Å². The SMILES string of the molecule is CCCOC(=O)c1ccccc1C(=O)OCc1ccc(F)cc1. The fourth-order valence-corrected chi connectivity index (χ4v) is 1.92. The van der Waals surface area contributed by atoms with Gasteiger partial charge >= 0.3 is 11.9 Å². The highest BCUT2D eigenvalue weighted by atomic mass is 19.1. The first kappa shape index (κ1) is 16.7. The summed E-state index contributed by atoms with van der Waals surface area (Å²) >= 11 is 0. The van der Waals surface area contributed by atoms with Crippen molar-refractivity contribution in [2.24, 2.45) is 0 Å². The minimum atomic E-state index is -0.627. The molecule has 0 heterocycles. The van der Waals surface area contributed by atoms with Crippen LogP contribution in [-0.4, -0.2) is 18.5 Å². The van der Waals surface area contributed by atoms with E-state index >= 15 is 0 Å². The third-order valence-corrected chi connectivity index (χ3v) is 3.09. The molecule has 23 heavy (non-hydrogen) atoms. The number of esters is 2. The van der Waals surface area contributed by atoms with Crippen molar-refractivity contribution in [2.45, 2.75) is 20.0 Å². The molecule has 5 heteroatoms. The lowest BCUT2D eigenvalue weighted by molar-refractivity contribution is 0.0439. The van der Waals surface area contributed by atoms with Crippen molar-refractivity contribution in [1.82, 2.24) is 0 Å². The zero-order valence-electron chi connectivity index (χ0n) is 12.8. The van der Waals surface area contributed by atoms with Crippen LogP contribution in [0.5, 0.6) is 0 Å². The Bertz CT molecular complexity index is 680. The molecule has 0 saturated heterocycles. The van der Waals surface area contributed by atoms with Crippen LogP contribution >= 0.6 is 0 Å². The van der Waals surface area contributed by atoms with Crippen molar-refractivity contribution in [3.05, 3.63) is 71.0 Å². The van der Waals surface area contributed by atoms with Gasteiger partial charge in [0.2, 0.25) is 0 Å². The maximum atomic E-state index is 12.8. The molecule has 0 aliphatic carbocycles. The summed E-state index contributed by atoms with van der Waals surface area (Å²) in [6, 6.07) is 12.0. The van der Waals surface area contributed by atoms with Gasteiger partial charge in [-0.05, 0) is 36.2 Å². The smallest absolute Gasteiger partial charge is 0.339 e. The molecule has 4 nitrogen and oxygen atoms in total. The van der Waals surface area contributed by atoms with Crippen LogP contribution in [0.1, 0.15) is 39.6 Å². The number of carbonyl (C=O) groups is 2. The Labute approximate surface area is 133 Å². The molecule has 0 saturated carbocycles. The first-order valence-corrected chi connectivity index (χ1v) is 7.29. The van der Waals surface area contributed by atoms with Crippen LogP contribution < -0.4 is 0 Å². The standard InChI is InChI=1S/C18H17FO4/c1-2-11-22-17(20)15-5-3-4-6-16(15)18(21)23-12-13-7-9-14(19)10-8-13/h3-10H,2,11-12H2,1H3. The molecule has 0 fully saturated rings. The van der Waals surface area contributed by atoms with E-state index < -0.39 is 11.9 Å². The number of halogens is 1. The van der Waals surface area contributed by atoms with Gasteiger partial charge in [-0.2, -0.15) is 0 Å². The zero-order chi connectivity index (χ0) is 16.7. The van der Waals surface area contributed by atoms with Crippen LogP contribution in [0.15, 0.2) is 48.5 Å². The fourth-order valence-electron chi connectivity index (χ4n) is 1.92. The lowest BCUT2D eigenvalue weighted by Crippen LogP contribution is -2.14. The maximum absolute atomic E-state index is 12.8. The van der Waals surface area contributed by atoms with Gasteiger partial charge in [0, 0.05) is 0 Å². The van der Waals surface area contributed by atoms with E-state index in [1.807, 2.05) is 6.92 Å². The Morgan fingerprint density at radius 1 is 0.913 bits per heavy atom. The Morgan fingerprint density at radius 3 is 2.04 bits per heavy atom. The van der Waals surface area contributed by atoms with E-state index in [1.54, 1.807) is 12.1 Å². The van der Waals surface area contributed by atoms with E-state index in [0.29, 0.717) is 12.0 Å². The van der Waals surface area contributed by atoms with Crippen molar-refractivity contribution in [3.8, 4) is 0 Å². The Kier molecular flexibility index (Phi) is 5.86. The van der Waals surface area contributed by atoms with Crippen LogP contribution in [0.2, 0.25) is 0 Å². The average molecular weight is 316 g/mol. The summed E-state index contributed by atoms with van der Waals surface area (Å²) in [7, 11) is 0. The summed E-state index contributed by atoms with van der Waals surface area (Å²) in [5.41, 5.74) is 0.978. The predicted octanol–water partition coefficient (Wildman–Crippen LogP) is 3.75. The van der Waals surface area contributed by atoms with E-state index in [-0.39, 0.29) is 30.2 Å². The molecule has 0 atom stereocenters. The number of carbonyl (C=O) groups excluding carboxylic acids is 2. The second kappa shape index (κ2) is 8.08. The summed E-state index contributed by atoms with van der Waals surface area (Å²) < 4.78 is 23.1. The lowest BCUT2D eigenvalue weighted by Gasteiger charge is -2.09. The molecule has 0 aliphatic heterocycles. The maximum Gasteiger partial charge on any atom is 0.339 e. The van der Waals surface area contributed by atoms with Crippen LogP contribution in [0.4, 0.5) is 4.39 Å². The molecule has 0 aromatic heterocycles. The Balaban J connectivity index is 2.07. The molecule has 0 bridgehead atoms. The Hall–Kier alpha value is -2.69. The van der Waals surface area contributed by atoms with Crippen LogP contribution in [0.3, 0.4) is 0 Å². The van der Waals surface area contributed by atoms with Gasteiger partial charge in [-0.3, -0.25) is 0 Å². The van der Waals surface area contributed by atoms with Gasteiger partial charge in [-0.25, -0.2) is 14.0 Å². The van der Waals surface area contributed by atoms with E-state index in [4.69, 9.17) is 9.47 Å². The molecule has 0 radical (unpaired) electrons. The van der Waals surface area contributed by atoms with E-state index in [2.05, 4.69) is 0 Å². The number of hydrogen-bond acceptors (Lipinski definition) is 4. The third kappa shape index (κ3) is 4.64. The number of rotatable bonds is 6. The van der Waals surface area contributed by atoms with Crippen molar-refractivity contribution in [3.63, 3.8) is 0 Å². The summed E-state index contributed by atoms with van der Waals surface area (Å²) in [6.45, 7) is 2.17. The monoisotopic (exact) mass is 316 g/mol. The fraction of sp³-hybridized carbons (Fsp3) is 0.222. The third-order valence-electron chi connectivity index (χ3n) is 3.09. The van der Waals surface area contributed by atoms with E-state index in [0.717, 1.165) is 0 Å². The minimum Gasteiger partial charge on any atom is -0.462 e. The molecule has 0 unspecified atom stereocenters. The van der Waals surface area contributed by atoms with E-state index in [1.165, 1.54) is 36.4 Å². The van der Waals surface area contributed by atoms with Crippen LogP contribution in [-0.2, 0) is 16.1 Å². The van der Waals surface area contributed by atoms with Gasteiger partial charge in [0.05, 0.1) is 17.7 Å². The molecule has 2 aromatic rings. The zero-order valence-corrected chi connectivity index (χ0v) is 12.8. The summed E-state index contributed by atoms with van der Waals surface area (Å²) in [5, 5.41) is 0. The highest BCUT2D eigenvalue weighted by molar-refractivity contribution is 6.03. The van der Waals surface area contributed by atoms with Gasteiger partial charge in [0.1, 0.15) is 12.4 Å². The normalized spacial score (nSPS) is 10.2. The molecule has 2 aromatic carbocycles. The Morgan fingerprint density at radius 2 is 1.48 bits per heavy atom. The van der Waals surface area contributed by atoms with E-state index in [9.17, 15) is 14.0 Å². The summed E-state index contributed by atoms with van der Waals surface area (Å²) in [6.07, 6.45) is 0.697. The molecular formula is C18H17FO4. The largest absolute Gasteiger partial charge is 0.462 e. The molecule has 0 N–H and O–H groups in total. The number of ether oxygens (including phenoxy) is 2. The van der Waals surface area contributed by atoms with Gasteiger partial charge in [0.25, 0.3) is 0 Å². The molecule has 0 amide bonds. The predicted molar refractivity (Wildman–Crippen MR) is 82.5 cm³/mol. The summed E-state index contributed by atoms with van der Waals surface area (Å²) in [5.74, 6) is -1.54. The van der Waals surface area contributed by atoms with Crippen LogP contribution in [0, 0.1) is 5.82 Å². The molecule has 0 aliphatic rings. The minimum absolute atomic E-state index is 0.00252. The van der Waals surface area contributed by atoms with Gasteiger partial charge < -0.3 is 9.47 Å². The average Bonchev–Trinajstić information content (AvgIpc) is 2.59. The number of benzene rings is 2. The molecule has 2 rings (SSSR count). The van der Waals surface area contributed by atoms with Crippen molar-refractivity contribution < 1.29 is 23.5 Å². The number of hydrogen-bond donors (Lipinski definition) is 0. The first-order valence-electron chi connectivity index (χ1n) is 7.29. The molecular weight excluding hydrogens is 299 g/mol. The van der Waals surface area contributed by atoms with Gasteiger partial charge in [-0.15, -0.1) is 0 Å². The topological polar surface area (TPSA) is 52.6 Å². The quantitative estimate of drug-likeness (QED) is 0.762. The van der Waals surface area contributed by atoms with Crippen molar-refractivity contribution >= 4 is 11.9 Å². The second-order valence-electron chi connectivity index (χ2n) is 4.88. The lowest BCUT2D eigenvalue weighted by atomic mass is 10.1. The second-order valence-corrected chi connectivity index (χ2v) is 4.88. The summed E-state index contributed by atoms with van der Waals surface area (Å²) in [4.78, 5) is 24.1. The van der Waals surface area contributed by atoms with Crippen molar-refractivity contribution in [1.29, 1.82) is 0 Å². The van der Waals surface area contributed by atoms with Gasteiger partial charge in [-0.1, -0.05) is 31.2 Å². The molecule has 120 valence electrons. The molecule has 0 spiro atoms. The van der Waals surface area contributed by atoms with Gasteiger partial charge in [0.15, 0.2) is 0 Å². The van der Waals surface area contributed by atoms with Crippen molar-refractivity contribution in [2.75, 3.05) is 6.61 Å².